The van der Waals surface area contributed by atoms with Crippen molar-refractivity contribution in [2.45, 2.75) is 11.4 Å². The number of nitrogen functional groups attached to an aromatic ring is 1. The Morgan fingerprint density at radius 1 is 1.26 bits per heavy atom. The van der Waals surface area contributed by atoms with Crippen molar-refractivity contribution >= 4 is 27.4 Å². The maximum Gasteiger partial charge on any atom is 0.246 e. The van der Waals surface area contributed by atoms with Crippen LogP contribution in [-0.4, -0.2) is 18.4 Å². The van der Waals surface area contributed by atoms with E-state index in [9.17, 15) is 8.42 Å². The molecule has 1 aromatic carbocycles. The number of hydrogen-bond donors (Lipinski definition) is 2. The molecule has 0 radical (unpaired) electrons. The number of hydrogen-bond acceptors (Lipinski definition) is 5. The van der Waals surface area contributed by atoms with Gasteiger partial charge in [0.05, 0.1) is 6.20 Å². The van der Waals surface area contributed by atoms with E-state index in [2.05, 4.69) is 14.7 Å². The molecule has 2 aromatic rings. The van der Waals surface area contributed by atoms with E-state index >= 15 is 0 Å². The zero-order valence-corrected chi connectivity index (χ0v) is 11.3. The maximum atomic E-state index is 12.0. The molecule has 3 N–H and O–H groups in total. The van der Waals surface area contributed by atoms with Crippen LogP contribution in [0, 0.1) is 0 Å². The standard InChI is InChI=1S/C11H11ClN4O2S/c12-9-3-1-8(2-4-9)5-16-19(17,18)10-6-14-7-15-11(10)13/h1-4,6-7,16H,5H2,(H2,13,14,15). The van der Waals surface area contributed by atoms with Gasteiger partial charge in [-0.25, -0.2) is 23.1 Å². The van der Waals surface area contributed by atoms with Gasteiger partial charge in [0, 0.05) is 11.6 Å². The van der Waals surface area contributed by atoms with Gasteiger partial charge in [-0.15, -0.1) is 0 Å². The fourth-order valence-corrected chi connectivity index (χ4v) is 2.56. The molecule has 0 spiro atoms. The average Bonchev–Trinajstić information content (AvgIpc) is 2.38. The summed E-state index contributed by atoms with van der Waals surface area (Å²) in [6.07, 6.45) is 2.35. The molecular weight excluding hydrogens is 288 g/mol. The van der Waals surface area contributed by atoms with Crippen molar-refractivity contribution in [3.63, 3.8) is 0 Å². The van der Waals surface area contributed by atoms with Gasteiger partial charge >= 0.3 is 0 Å². The van der Waals surface area contributed by atoms with Gasteiger partial charge in [-0.05, 0) is 17.7 Å². The fraction of sp³-hybridized carbons (Fsp3) is 0.0909. The summed E-state index contributed by atoms with van der Waals surface area (Å²) in [4.78, 5) is 7.16. The highest BCUT2D eigenvalue weighted by molar-refractivity contribution is 7.89. The summed E-state index contributed by atoms with van der Waals surface area (Å²) in [6, 6.07) is 6.84. The third-order valence-electron chi connectivity index (χ3n) is 2.38. The SMILES string of the molecule is Nc1ncncc1S(=O)(=O)NCc1ccc(Cl)cc1. The molecule has 0 aliphatic heterocycles. The second-order valence-corrected chi connectivity index (χ2v) is 5.90. The lowest BCUT2D eigenvalue weighted by Crippen LogP contribution is -2.24. The molecule has 0 bridgehead atoms. The van der Waals surface area contributed by atoms with Crippen molar-refractivity contribution < 1.29 is 8.42 Å². The molecule has 0 atom stereocenters. The monoisotopic (exact) mass is 298 g/mol. The molecule has 0 fully saturated rings. The summed E-state index contributed by atoms with van der Waals surface area (Å²) >= 11 is 5.75. The number of halogens is 1. The minimum Gasteiger partial charge on any atom is -0.382 e. The number of nitrogens with one attached hydrogen (secondary N) is 1. The topological polar surface area (TPSA) is 98.0 Å². The number of benzene rings is 1. The lowest BCUT2D eigenvalue weighted by Gasteiger charge is -2.07. The van der Waals surface area contributed by atoms with Crippen LogP contribution in [0.1, 0.15) is 5.56 Å². The van der Waals surface area contributed by atoms with Crippen molar-refractivity contribution in [3.05, 3.63) is 47.4 Å². The van der Waals surface area contributed by atoms with Gasteiger partial charge in [-0.2, -0.15) is 0 Å². The van der Waals surface area contributed by atoms with E-state index < -0.39 is 10.0 Å². The van der Waals surface area contributed by atoms with Crippen LogP contribution in [0.15, 0.2) is 41.7 Å². The molecule has 1 heterocycles. The van der Waals surface area contributed by atoms with E-state index in [0.29, 0.717) is 5.02 Å². The van der Waals surface area contributed by atoms with Crippen molar-refractivity contribution in [3.8, 4) is 0 Å². The minimum absolute atomic E-state index is 0.0846. The summed E-state index contributed by atoms with van der Waals surface area (Å²) in [7, 11) is -3.73. The maximum absolute atomic E-state index is 12.0. The van der Waals surface area contributed by atoms with Crippen LogP contribution in [0.2, 0.25) is 5.02 Å². The Labute approximate surface area is 115 Å². The van der Waals surface area contributed by atoms with Gasteiger partial charge in [0.2, 0.25) is 10.0 Å². The summed E-state index contributed by atoms with van der Waals surface area (Å²) in [6.45, 7) is 0.133. The first-order valence-corrected chi connectivity index (χ1v) is 7.15. The number of rotatable bonds is 4. The first-order valence-electron chi connectivity index (χ1n) is 5.28. The molecule has 100 valence electrons. The van der Waals surface area contributed by atoms with Gasteiger partial charge in [-0.3, -0.25) is 0 Å². The second-order valence-electron chi connectivity index (χ2n) is 3.72. The summed E-state index contributed by atoms with van der Waals surface area (Å²) in [5, 5.41) is 0.590. The second kappa shape index (κ2) is 5.52. The van der Waals surface area contributed by atoms with Crippen LogP contribution >= 0.6 is 11.6 Å². The highest BCUT2D eigenvalue weighted by Crippen LogP contribution is 2.14. The number of aromatic nitrogens is 2. The van der Waals surface area contributed by atoms with Crippen LogP contribution in [0.3, 0.4) is 0 Å². The van der Waals surface area contributed by atoms with Crippen molar-refractivity contribution in [1.82, 2.24) is 14.7 Å². The fourth-order valence-electron chi connectivity index (χ4n) is 1.39. The molecule has 0 aliphatic rings. The highest BCUT2D eigenvalue weighted by atomic mass is 35.5. The Bertz CT molecular complexity index is 673. The van der Waals surface area contributed by atoms with E-state index in [-0.39, 0.29) is 17.3 Å². The highest BCUT2D eigenvalue weighted by Gasteiger charge is 2.18. The Hall–Kier alpha value is -1.70. The molecule has 0 aliphatic carbocycles. The van der Waals surface area contributed by atoms with E-state index in [1.165, 1.54) is 6.33 Å². The normalized spacial score (nSPS) is 11.4. The van der Waals surface area contributed by atoms with Gasteiger partial charge in [0.1, 0.15) is 17.0 Å². The van der Waals surface area contributed by atoms with Crippen LogP contribution < -0.4 is 10.5 Å². The predicted molar refractivity (Wildman–Crippen MR) is 71.9 cm³/mol. The quantitative estimate of drug-likeness (QED) is 0.883. The Morgan fingerprint density at radius 3 is 2.58 bits per heavy atom. The zero-order valence-electron chi connectivity index (χ0n) is 9.75. The summed E-state index contributed by atoms with van der Waals surface area (Å²) in [5.74, 6) is -0.0846. The smallest absolute Gasteiger partial charge is 0.246 e. The van der Waals surface area contributed by atoms with Gasteiger partial charge < -0.3 is 5.73 Å². The number of nitrogens with zero attached hydrogens (tertiary/aromatic N) is 2. The van der Waals surface area contributed by atoms with E-state index in [4.69, 9.17) is 17.3 Å². The van der Waals surface area contributed by atoms with E-state index in [1.807, 2.05) is 0 Å². The molecule has 19 heavy (non-hydrogen) atoms. The largest absolute Gasteiger partial charge is 0.382 e. The van der Waals surface area contributed by atoms with Crippen LogP contribution in [0.25, 0.3) is 0 Å². The third kappa shape index (κ3) is 3.40. The van der Waals surface area contributed by atoms with Crippen LogP contribution in [-0.2, 0) is 16.6 Å². The molecule has 1 aromatic heterocycles. The third-order valence-corrected chi connectivity index (χ3v) is 4.05. The average molecular weight is 299 g/mol. The van der Waals surface area contributed by atoms with Crippen LogP contribution in [0.5, 0.6) is 0 Å². The molecule has 6 nitrogen and oxygen atoms in total. The Morgan fingerprint density at radius 2 is 1.95 bits per heavy atom. The first-order chi connectivity index (χ1) is 8.99. The Balaban J connectivity index is 2.14. The van der Waals surface area contributed by atoms with Gasteiger partial charge in [0.25, 0.3) is 0 Å². The van der Waals surface area contributed by atoms with Crippen molar-refractivity contribution in [2.24, 2.45) is 0 Å². The lowest BCUT2D eigenvalue weighted by molar-refractivity contribution is 0.581. The summed E-state index contributed by atoms with van der Waals surface area (Å²) < 4.78 is 26.4. The first kappa shape index (κ1) is 13.7. The van der Waals surface area contributed by atoms with E-state index in [0.717, 1.165) is 11.8 Å². The molecular formula is C11H11ClN4O2S. The molecule has 2 rings (SSSR count). The number of sulfonamides is 1. The van der Waals surface area contributed by atoms with Crippen LogP contribution in [0.4, 0.5) is 5.82 Å². The molecule has 8 heteroatoms. The molecule has 0 saturated carbocycles. The Kier molecular flexibility index (Phi) is 3.98. The number of nitrogens with two attached hydrogens (primary N) is 1. The van der Waals surface area contributed by atoms with Gasteiger partial charge in [-0.1, -0.05) is 23.7 Å². The molecule has 0 unspecified atom stereocenters. The zero-order chi connectivity index (χ0) is 13.9. The summed E-state index contributed by atoms with van der Waals surface area (Å²) in [5.41, 5.74) is 6.29. The van der Waals surface area contributed by atoms with Crippen molar-refractivity contribution in [1.29, 1.82) is 0 Å². The van der Waals surface area contributed by atoms with Gasteiger partial charge in [0.15, 0.2) is 0 Å². The predicted octanol–water partition coefficient (Wildman–Crippen LogP) is 1.19. The minimum atomic E-state index is -3.73. The molecule has 0 saturated heterocycles. The van der Waals surface area contributed by atoms with Crippen molar-refractivity contribution in [2.75, 3.05) is 5.73 Å². The number of anilines is 1. The lowest BCUT2D eigenvalue weighted by atomic mass is 10.2. The van der Waals surface area contributed by atoms with E-state index in [1.54, 1.807) is 24.3 Å². The molecule has 0 amide bonds.